The van der Waals surface area contributed by atoms with Crippen LogP contribution in [0.4, 0.5) is 0 Å². The summed E-state index contributed by atoms with van der Waals surface area (Å²) in [7, 11) is 0. The number of hydrogen-bond donors (Lipinski definition) is 0. The van der Waals surface area contributed by atoms with E-state index in [9.17, 15) is 9.59 Å². The Bertz CT molecular complexity index is 790. The van der Waals surface area contributed by atoms with E-state index in [1.54, 1.807) is 30.3 Å². The Morgan fingerprint density at radius 1 is 0.880 bits per heavy atom. The smallest absolute Gasteiger partial charge is 0.335 e. The van der Waals surface area contributed by atoms with Crippen molar-refractivity contribution in [1.29, 1.82) is 0 Å². The van der Waals surface area contributed by atoms with Gasteiger partial charge in [-0.15, -0.1) is 0 Å². The lowest BCUT2D eigenvalue weighted by Crippen LogP contribution is -2.05. The summed E-state index contributed by atoms with van der Waals surface area (Å²) < 4.78 is 15.8. The number of esters is 2. The Morgan fingerprint density at radius 2 is 1.48 bits per heavy atom. The van der Waals surface area contributed by atoms with Gasteiger partial charge in [0.25, 0.3) is 0 Å². The molecule has 2 rings (SSSR count). The standard InChI is InChI=1S/C20H18O5/c1-4-19(21)24-16-10-7-14(8-11-16)15-9-12-17(25-20(22)5-2)18(13-15)23-6-3/h4-5,7-13H,1-2,6H2,3H3. The van der Waals surface area contributed by atoms with E-state index in [0.29, 0.717) is 23.9 Å². The quantitative estimate of drug-likeness (QED) is 0.435. The molecule has 5 heteroatoms. The number of ether oxygens (including phenoxy) is 3. The van der Waals surface area contributed by atoms with Crippen molar-refractivity contribution in [3.63, 3.8) is 0 Å². The van der Waals surface area contributed by atoms with Crippen molar-refractivity contribution in [1.82, 2.24) is 0 Å². The minimum Gasteiger partial charge on any atom is -0.490 e. The van der Waals surface area contributed by atoms with E-state index in [0.717, 1.165) is 23.3 Å². The van der Waals surface area contributed by atoms with Crippen LogP contribution in [0.1, 0.15) is 6.92 Å². The van der Waals surface area contributed by atoms with Gasteiger partial charge in [0, 0.05) is 12.2 Å². The zero-order chi connectivity index (χ0) is 18.2. The number of carbonyl (C=O) groups excluding carboxylic acids is 2. The van der Waals surface area contributed by atoms with Gasteiger partial charge in [0.15, 0.2) is 11.5 Å². The van der Waals surface area contributed by atoms with Crippen molar-refractivity contribution in [3.05, 3.63) is 67.8 Å². The van der Waals surface area contributed by atoms with Crippen LogP contribution < -0.4 is 14.2 Å². The molecule has 128 valence electrons. The van der Waals surface area contributed by atoms with Crippen molar-refractivity contribution >= 4 is 11.9 Å². The molecular formula is C20H18O5. The Hall–Kier alpha value is -3.34. The van der Waals surface area contributed by atoms with Crippen LogP contribution in [0.25, 0.3) is 11.1 Å². The maximum Gasteiger partial charge on any atom is 0.335 e. The van der Waals surface area contributed by atoms with E-state index in [2.05, 4.69) is 13.2 Å². The molecule has 0 aromatic heterocycles. The molecule has 2 aromatic rings. The summed E-state index contributed by atoms with van der Waals surface area (Å²) in [6.07, 6.45) is 2.19. The SMILES string of the molecule is C=CC(=O)Oc1ccc(-c2ccc(OC(=O)C=C)c(OCC)c2)cc1. The number of rotatable bonds is 7. The van der Waals surface area contributed by atoms with Crippen LogP contribution in [-0.4, -0.2) is 18.5 Å². The van der Waals surface area contributed by atoms with E-state index < -0.39 is 11.9 Å². The highest BCUT2D eigenvalue weighted by Gasteiger charge is 2.11. The molecule has 0 unspecified atom stereocenters. The average molecular weight is 338 g/mol. The molecular weight excluding hydrogens is 320 g/mol. The molecule has 0 saturated heterocycles. The molecule has 0 atom stereocenters. The first-order valence-corrected chi connectivity index (χ1v) is 7.63. The van der Waals surface area contributed by atoms with Gasteiger partial charge in [0.2, 0.25) is 0 Å². The molecule has 0 N–H and O–H groups in total. The predicted molar refractivity (Wildman–Crippen MR) is 94.7 cm³/mol. The fourth-order valence-corrected chi connectivity index (χ4v) is 2.06. The number of hydrogen-bond acceptors (Lipinski definition) is 5. The van der Waals surface area contributed by atoms with Crippen molar-refractivity contribution < 1.29 is 23.8 Å². The number of carbonyl (C=O) groups is 2. The highest BCUT2D eigenvalue weighted by Crippen LogP contribution is 2.33. The van der Waals surface area contributed by atoms with Crippen molar-refractivity contribution in [3.8, 4) is 28.4 Å². The Kier molecular flexibility index (Phi) is 6.12. The summed E-state index contributed by atoms with van der Waals surface area (Å²) in [4.78, 5) is 22.6. The average Bonchev–Trinajstić information content (AvgIpc) is 2.63. The molecule has 0 aliphatic carbocycles. The highest BCUT2D eigenvalue weighted by atomic mass is 16.6. The van der Waals surface area contributed by atoms with Gasteiger partial charge >= 0.3 is 11.9 Å². The van der Waals surface area contributed by atoms with Crippen LogP contribution in [0.2, 0.25) is 0 Å². The summed E-state index contributed by atoms with van der Waals surface area (Å²) >= 11 is 0. The van der Waals surface area contributed by atoms with Crippen LogP contribution in [0, 0.1) is 0 Å². The molecule has 0 spiro atoms. The van der Waals surface area contributed by atoms with E-state index in [-0.39, 0.29) is 0 Å². The fourth-order valence-electron chi connectivity index (χ4n) is 2.06. The van der Waals surface area contributed by atoms with Crippen LogP contribution >= 0.6 is 0 Å². The Morgan fingerprint density at radius 3 is 2.08 bits per heavy atom. The maximum atomic E-state index is 11.4. The molecule has 0 heterocycles. The lowest BCUT2D eigenvalue weighted by atomic mass is 10.0. The molecule has 5 nitrogen and oxygen atoms in total. The molecule has 0 aliphatic heterocycles. The summed E-state index contributed by atoms with van der Waals surface area (Å²) in [5.74, 6) is 0.140. The number of benzene rings is 2. The molecule has 0 saturated carbocycles. The second-order valence-corrected chi connectivity index (χ2v) is 4.87. The van der Waals surface area contributed by atoms with Gasteiger partial charge in [0.1, 0.15) is 5.75 Å². The van der Waals surface area contributed by atoms with E-state index in [1.165, 1.54) is 0 Å². The normalized spacial score (nSPS) is 9.80. The first-order valence-electron chi connectivity index (χ1n) is 7.63. The van der Waals surface area contributed by atoms with Gasteiger partial charge < -0.3 is 14.2 Å². The van der Waals surface area contributed by atoms with Crippen LogP contribution in [0.15, 0.2) is 67.8 Å². The van der Waals surface area contributed by atoms with Crippen LogP contribution in [0.5, 0.6) is 17.2 Å². The van der Waals surface area contributed by atoms with Crippen LogP contribution in [0.3, 0.4) is 0 Å². The van der Waals surface area contributed by atoms with Crippen molar-refractivity contribution in [2.45, 2.75) is 6.92 Å². The third-order valence-electron chi connectivity index (χ3n) is 3.19. The fraction of sp³-hybridized carbons (Fsp3) is 0.100. The first-order chi connectivity index (χ1) is 12.1. The molecule has 0 fully saturated rings. The monoisotopic (exact) mass is 338 g/mol. The molecule has 0 bridgehead atoms. The van der Waals surface area contributed by atoms with Crippen molar-refractivity contribution in [2.75, 3.05) is 6.61 Å². The summed E-state index contributed by atoms with van der Waals surface area (Å²) in [5, 5.41) is 0. The van der Waals surface area contributed by atoms with E-state index in [4.69, 9.17) is 14.2 Å². The Balaban J connectivity index is 2.27. The summed E-state index contributed by atoms with van der Waals surface area (Å²) in [6, 6.07) is 12.2. The third kappa shape index (κ3) is 4.81. The van der Waals surface area contributed by atoms with Gasteiger partial charge in [-0.2, -0.15) is 0 Å². The topological polar surface area (TPSA) is 61.8 Å². The van der Waals surface area contributed by atoms with Gasteiger partial charge in [-0.1, -0.05) is 31.4 Å². The van der Waals surface area contributed by atoms with Gasteiger partial charge in [-0.25, -0.2) is 9.59 Å². The minimum atomic E-state index is -0.554. The largest absolute Gasteiger partial charge is 0.490 e. The minimum absolute atomic E-state index is 0.326. The molecule has 0 aliphatic rings. The van der Waals surface area contributed by atoms with Gasteiger partial charge in [-0.05, 0) is 42.3 Å². The van der Waals surface area contributed by atoms with Crippen molar-refractivity contribution in [2.24, 2.45) is 0 Å². The summed E-state index contributed by atoms with van der Waals surface area (Å²) in [6.45, 7) is 9.00. The lowest BCUT2D eigenvalue weighted by Gasteiger charge is -2.12. The van der Waals surface area contributed by atoms with Gasteiger partial charge in [0.05, 0.1) is 6.61 Å². The molecule has 0 radical (unpaired) electrons. The van der Waals surface area contributed by atoms with E-state index in [1.807, 2.05) is 19.1 Å². The molecule has 2 aromatic carbocycles. The molecule has 25 heavy (non-hydrogen) atoms. The van der Waals surface area contributed by atoms with Crippen LogP contribution in [-0.2, 0) is 9.59 Å². The zero-order valence-electron chi connectivity index (χ0n) is 13.9. The highest BCUT2D eigenvalue weighted by molar-refractivity contribution is 5.84. The zero-order valence-corrected chi connectivity index (χ0v) is 13.9. The second kappa shape index (κ2) is 8.49. The Labute approximate surface area is 146 Å². The van der Waals surface area contributed by atoms with Gasteiger partial charge in [-0.3, -0.25) is 0 Å². The second-order valence-electron chi connectivity index (χ2n) is 4.87. The van der Waals surface area contributed by atoms with E-state index >= 15 is 0 Å². The first kappa shape index (κ1) is 18.0. The molecule has 0 amide bonds. The predicted octanol–water partition coefficient (Wildman–Crippen LogP) is 3.94. The summed E-state index contributed by atoms with van der Waals surface area (Å²) in [5.41, 5.74) is 1.75. The maximum absolute atomic E-state index is 11.4. The third-order valence-corrected chi connectivity index (χ3v) is 3.19. The lowest BCUT2D eigenvalue weighted by molar-refractivity contribution is -0.129.